The standard InChI is InChI=1S/C11H17ClF3N3/c1-7(2)4-5-10-9(6-12)16-17-18(10)8(3)11(13,14)15/h7-8H,4-6H2,1-3H3. The van der Waals surface area contributed by atoms with Crippen molar-refractivity contribution in [2.75, 3.05) is 0 Å². The summed E-state index contributed by atoms with van der Waals surface area (Å²) in [5.74, 6) is 0.482. The van der Waals surface area contributed by atoms with Crippen molar-refractivity contribution in [2.45, 2.75) is 51.7 Å². The molecule has 0 aliphatic carbocycles. The molecule has 0 radical (unpaired) electrons. The van der Waals surface area contributed by atoms with E-state index in [2.05, 4.69) is 10.3 Å². The van der Waals surface area contributed by atoms with Crippen molar-refractivity contribution in [3.8, 4) is 0 Å². The van der Waals surface area contributed by atoms with Gasteiger partial charge in [-0.2, -0.15) is 13.2 Å². The molecule has 0 saturated carbocycles. The van der Waals surface area contributed by atoms with Gasteiger partial charge < -0.3 is 0 Å². The second kappa shape index (κ2) is 5.91. The molecule has 1 rings (SSSR count). The summed E-state index contributed by atoms with van der Waals surface area (Å²) in [7, 11) is 0. The Morgan fingerprint density at radius 3 is 2.33 bits per heavy atom. The summed E-state index contributed by atoms with van der Waals surface area (Å²) in [6.45, 7) is 5.11. The zero-order chi connectivity index (χ0) is 13.9. The first-order valence-corrected chi connectivity index (χ1v) is 6.36. The summed E-state index contributed by atoms with van der Waals surface area (Å²) in [5.41, 5.74) is 0.928. The molecule has 1 aromatic heterocycles. The van der Waals surface area contributed by atoms with Crippen molar-refractivity contribution < 1.29 is 13.2 Å². The van der Waals surface area contributed by atoms with Crippen LogP contribution in [0.2, 0.25) is 0 Å². The van der Waals surface area contributed by atoms with Gasteiger partial charge in [0.1, 0.15) is 11.7 Å². The Morgan fingerprint density at radius 1 is 1.28 bits per heavy atom. The maximum atomic E-state index is 12.7. The Hall–Kier alpha value is -0.780. The average molecular weight is 284 g/mol. The smallest absolute Gasteiger partial charge is 0.237 e. The van der Waals surface area contributed by atoms with E-state index in [1.165, 1.54) is 0 Å². The minimum atomic E-state index is -4.33. The first kappa shape index (κ1) is 15.3. The molecule has 0 spiro atoms. The molecule has 0 N–H and O–H groups in total. The molecule has 1 unspecified atom stereocenters. The number of nitrogens with zero attached hydrogens (tertiary/aromatic N) is 3. The van der Waals surface area contributed by atoms with Crippen LogP contribution in [0.5, 0.6) is 0 Å². The molecule has 3 nitrogen and oxygen atoms in total. The Labute approximate surface area is 109 Å². The Kier molecular flexibility index (Phi) is 5.01. The highest BCUT2D eigenvalue weighted by Crippen LogP contribution is 2.31. The summed E-state index contributed by atoms with van der Waals surface area (Å²) in [6, 6.07) is -1.68. The highest BCUT2D eigenvalue weighted by Gasteiger charge is 2.39. The maximum absolute atomic E-state index is 12.7. The van der Waals surface area contributed by atoms with Crippen molar-refractivity contribution in [3.63, 3.8) is 0 Å². The number of halogens is 4. The molecule has 1 aromatic rings. The molecule has 0 aliphatic rings. The van der Waals surface area contributed by atoms with E-state index in [1.54, 1.807) is 0 Å². The van der Waals surface area contributed by atoms with Gasteiger partial charge in [-0.15, -0.1) is 16.7 Å². The van der Waals surface area contributed by atoms with Crippen molar-refractivity contribution in [3.05, 3.63) is 11.4 Å². The molecule has 0 amide bonds. The van der Waals surface area contributed by atoms with E-state index in [9.17, 15) is 13.2 Å². The number of hydrogen-bond donors (Lipinski definition) is 0. The molecule has 0 fully saturated rings. The van der Waals surface area contributed by atoms with Crippen molar-refractivity contribution >= 4 is 11.6 Å². The number of hydrogen-bond acceptors (Lipinski definition) is 2. The van der Waals surface area contributed by atoms with Crippen molar-refractivity contribution in [2.24, 2.45) is 5.92 Å². The predicted octanol–water partition coefficient (Wildman–Crippen LogP) is 3.73. The van der Waals surface area contributed by atoms with Gasteiger partial charge in [-0.05, 0) is 25.7 Å². The van der Waals surface area contributed by atoms with Crippen LogP contribution >= 0.6 is 11.6 Å². The lowest BCUT2D eigenvalue weighted by Crippen LogP contribution is -2.26. The third-order valence-electron chi connectivity index (χ3n) is 2.80. The lowest BCUT2D eigenvalue weighted by atomic mass is 10.1. The maximum Gasteiger partial charge on any atom is 0.410 e. The van der Waals surface area contributed by atoms with Crippen LogP contribution in [0.25, 0.3) is 0 Å². The fourth-order valence-electron chi connectivity index (χ4n) is 1.58. The Morgan fingerprint density at radius 2 is 1.89 bits per heavy atom. The molecular weight excluding hydrogens is 267 g/mol. The summed E-state index contributed by atoms with van der Waals surface area (Å²) >= 11 is 5.68. The first-order chi connectivity index (χ1) is 8.27. The van der Waals surface area contributed by atoms with Crippen LogP contribution in [0.1, 0.15) is 44.6 Å². The SMILES string of the molecule is CC(C)CCc1c(CCl)nnn1C(C)C(F)(F)F. The normalized spacial score (nSPS) is 14.2. The molecule has 0 saturated heterocycles. The summed E-state index contributed by atoms with van der Waals surface area (Å²) < 4.78 is 39.1. The van der Waals surface area contributed by atoms with Crippen LogP contribution in [-0.4, -0.2) is 21.2 Å². The van der Waals surface area contributed by atoms with Crippen LogP contribution in [0.15, 0.2) is 0 Å². The van der Waals surface area contributed by atoms with Gasteiger partial charge >= 0.3 is 6.18 Å². The molecule has 0 bridgehead atoms. The van der Waals surface area contributed by atoms with E-state index in [1.807, 2.05) is 13.8 Å². The molecule has 104 valence electrons. The van der Waals surface area contributed by atoms with Crippen LogP contribution in [0, 0.1) is 5.92 Å². The van der Waals surface area contributed by atoms with E-state index in [-0.39, 0.29) is 5.88 Å². The monoisotopic (exact) mass is 283 g/mol. The second-order valence-electron chi connectivity index (χ2n) is 4.71. The third kappa shape index (κ3) is 3.60. The average Bonchev–Trinajstić information content (AvgIpc) is 2.66. The molecule has 0 aromatic carbocycles. The predicted molar refractivity (Wildman–Crippen MR) is 63.5 cm³/mol. The zero-order valence-electron chi connectivity index (χ0n) is 10.6. The minimum Gasteiger partial charge on any atom is -0.237 e. The van der Waals surface area contributed by atoms with Crippen LogP contribution < -0.4 is 0 Å². The Balaban J connectivity index is 3.01. The highest BCUT2D eigenvalue weighted by atomic mass is 35.5. The summed E-state index contributed by atoms with van der Waals surface area (Å²) in [4.78, 5) is 0. The number of aromatic nitrogens is 3. The van der Waals surface area contributed by atoms with E-state index in [4.69, 9.17) is 11.6 Å². The zero-order valence-corrected chi connectivity index (χ0v) is 11.4. The molecule has 18 heavy (non-hydrogen) atoms. The van der Waals surface area contributed by atoms with E-state index in [0.29, 0.717) is 23.7 Å². The lowest BCUT2D eigenvalue weighted by molar-refractivity contribution is -0.166. The first-order valence-electron chi connectivity index (χ1n) is 5.83. The van der Waals surface area contributed by atoms with Crippen LogP contribution in [0.3, 0.4) is 0 Å². The quantitative estimate of drug-likeness (QED) is 0.771. The fourth-order valence-corrected chi connectivity index (χ4v) is 1.79. The van der Waals surface area contributed by atoms with Crippen LogP contribution in [-0.2, 0) is 12.3 Å². The lowest BCUT2D eigenvalue weighted by Gasteiger charge is -2.18. The Bertz CT molecular complexity index is 387. The van der Waals surface area contributed by atoms with Gasteiger partial charge in [-0.3, -0.25) is 0 Å². The fraction of sp³-hybridized carbons (Fsp3) is 0.818. The second-order valence-corrected chi connectivity index (χ2v) is 4.98. The van der Waals surface area contributed by atoms with Crippen molar-refractivity contribution in [1.82, 2.24) is 15.0 Å². The van der Waals surface area contributed by atoms with E-state index >= 15 is 0 Å². The summed E-state index contributed by atoms with van der Waals surface area (Å²) in [5, 5.41) is 7.32. The van der Waals surface area contributed by atoms with E-state index < -0.39 is 12.2 Å². The number of alkyl halides is 4. The topological polar surface area (TPSA) is 30.7 Å². The van der Waals surface area contributed by atoms with Gasteiger partial charge in [0, 0.05) is 0 Å². The molecule has 1 heterocycles. The van der Waals surface area contributed by atoms with Gasteiger partial charge in [0.2, 0.25) is 0 Å². The molecular formula is C11H17ClF3N3. The van der Waals surface area contributed by atoms with Gasteiger partial charge in [-0.1, -0.05) is 19.1 Å². The molecule has 1 atom stereocenters. The number of rotatable bonds is 5. The van der Waals surface area contributed by atoms with Crippen LogP contribution in [0.4, 0.5) is 13.2 Å². The highest BCUT2D eigenvalue weighted by molar-refractivity contribution is 6.16. The summed E-state index contributed by atoms with van der Waals surface area (Å²) in [6.07, 6.45) is -3.04. The van der Waals surface area contributed by atoms with Crippen molar-refractivity contribution in [1.29, 1.82) is 0 Å². The van der Waals surface area contributed by atoms with Gasteiger partial charge in [-0.25, -0.2) is 4.68 Å². The third-order valence-corrected chi connectivity index (χ3v) is 3.05. The van der Waals surface area contributed by atoms with E-state index in [0.717, 1.165) is 18.0 Å². The molecule has 7 heteroatoms. The van der Waals surface area contributed by atoms with Gasteiger partial charge in [0.25, 0.3) is 0 Å². The minimum absolute atomic E-state index is 0.0814. The van der Waals surface area contributed by atoms with Gasteiger partial charge in [0.15, 0.2) is 0 Å². The molecule has 0 aliphatic heterocycles. The van der Waals surface area contributed by atoms with Gasteiger partial charge in [0.05, 0.1) is 11.6 Å². The largest absolute Gasteiger partial charge is 0.410 e.